The van der Waals surface area contributed by atoms with Crippen molar-refractivity contribution in [3.63, 3.8) is 0 Å². The van der Waals surface area contributed by atoms with Crippen LogP contribution in [-0.4, -0.2) is 127 Å². The fourth-order valence-electron chi connectivity index (χ4n) is 10.4. The normalized spacial score (nSPS) is 17.5. The number of nitrogens with zero attached hydrogens (tertiary/aromatic N) is 5. The van der Waals surface area contributed by atoms with Crippen molar-refractivity contribution in [3.8, 4) is 17.2 Å². The number of carbonyl (C=O) groups is 6. The minimum absolute atomic E-state index is 0.0347. The number of piperazine rings is 1. The Bertz CT molecular complexity index is 3650. The number of nitro groups is 1. The molecule has 0 bridgehead atoms. The minimum Gasteiger partial charge on any atom is -0.483 e. The molecule has 5 N–H and O–H groups in total. The molecular weight excluding hydrogens is 1070 g/mol. The number of halogens is 1. The Balaban J connectivity index is 0.775. The number of rotatable bonds is 18. The molecule has 80 heavy (non-hydrogen) atoms. The van der Waals surface area contributed by atoms with Crippen molar-refractivity contribution in [2.75, 3.05) is 62.6 Å². The molecule has 22 nitrogen and oxygen atoms in total. The summed E-state index contributed by atoms with van der Waals surface area (Å²) in [5, 5.41) is 21.2. The zero-order valence-corrected chi connectivity index (χ0v) is 45.1. The Morgan fingerprint density at radius 3 is 2.46 bits per heavy atom. The van der Waals surface area contributed by atoms with Crippen molar-refractivity contribution in [1.82, 2.24) is 35.1 Å². The number of aromatic amines is 1. The monoisotopic (exact) mass is 1130 g/mol. The highest BCUT2D eigenvalue weighted by Crippen LogP contribution is 2.44. The van der Waals surface area contributed by atoms with Gasteiger partial charge in [0.25, 0.3) is 39.3 Å². The zero-order valence-electron chi connectivity index (χ0n) is 43.5. The Labute approximate surface area is 464 Å². The van der Waals surface area contributed by atoms with Crippen LogP contribution in [-0.2, 0) is 24.4 Å². The number of nitro benzene ring substituents is 1. The fourth-order valence-corrected chi connectivity index (χ4v) is 11.5. The molecule has 414 valence electrons. The quantitative estimate of drug-likeness (QED) is 0.0255. The number of amides is 6. The van der Waals surface area contributed by atoms with E-state index in [1.54, 1.807) is 30.5 Å². The first kappa shape index (κ1) is 54.7. The van der Waals surface area contributed by atoms with Crippen LogP contribution in [0.4, 0.5) is 17.1 Å². The summed E-state index contributed by atoms with van der Waals surface area (Å²) in [6.45, 7) is 7.56. The number of anilines is 2. The van der Waals surface area contributed by atoms with Crippen LogP contribution < -0.4 is 35.0 Å². The molecule has 4 aliphatic rings. The number of imide groups is 2. The predicted octanol–water partition coefficient (Wildman–Crippen LogP) is 6.83. The van der Waals surface area contributed by atoms with Crippen LogP contribution in [0.15, 0.2) is 114 Å². The average Bonchev–Trinajstić information content (AvgIpc) is 4.09. The third-order valence-corrected chi connectivity index (χ3v) is 16.2. The highest BCUT2D eigenvalue weighted by Gasteiger charge is 2.46. The number of nitrogens with one attached hydrogen (secondary N) is 5. The molecule has 6 amide bonds. The predicted molar refractivity (Wildman–Crippen MR) is 295 cm³/mol. The number of allylic oxidation sites excluding steroid dienone is 1. The second-order valence-electron chi connectivity index (χ2n) is 20.6. The van der Waals surface area contributed by atoms with Gasteiger partial charge in [0, 0.05) is 86.7 Å². The number of piperidine rings is 1. The lowest BCUT2D eigenvalue weighted by molar-refractivity contribution is -0.384. The van der Waals surface area contributed by atoms with E-state index in [2.05, 4.69) is 66.4 Å². The van der Waals surface area contributed by atoms with Gasteiger partial charge in [-0.05, 0) is 103 Å². The number of sulfonamides is 1. The lowest BCUT2D eigenvalue weighted by Crippen LogP contribution is -2.54. The number of hydrogen-bond donors (Lipinski definition) is 5. The van der Waals surface area contributed by atoms with Crippen LogP contribution in [0.25, 0.3) is 16.6 Å². The molecule has 1 unspecified atom stereocenters. The largest absolute Gasteiger partial charge is 0.483 e. The van der Waals surface area contributed by atoms with E-state index in [1.165, 1.54) is 47.2 Å². The number of carbonyl (C=O) groups excluding carboxylic acids is 6. The zero-order chi connectivity index (χ0) is 56.5. The van der Waals surface area contributed by atoms with Crippen LogP contribution >= 0.6 is 11.6 Å². The first-order valence-corrected chi connectivity index (χ1v) is 27.7. The van der Waals surface area contributed by atoms with E-state index in [4.69, 9.17) is 21.1 Å². The molecule has 1 atom stereocenters. The van der Waals surface area contributed by atoms with Gasteiger partial charge in [-0.15, -0.1) is 0 Å². The molecule has 4 aromatic carbocycles. The van der Waals surface area contributed by atoms with Gasteiger partial charge in [0.2, 0.25) is 11.8 Å². The van der Waals surface area contributed by atoms with E-state index in [0.717, 1.165) is 73.1 Å². The third kappa shape index (κ3) is 11.8. The van der Waals surface area contributed by atoms with Gasteiger partial charge in [0.05, 0.1) is 32.7 Å². The lowest BCUT2D eigenvalue weighted by atomic mass is 9.72. The summed E-state index contributed by atoms with van der Waals surface area (Å²) in [6.07, 6.45) is 6.18. The lowest BCUT2D eigenvalue weighted by Gasteiger charge is -2.39. The Morgan fingerprint density at radius 1 is 0.912 bits per heavy atom. The van der Waals surface area contributed by atoms with Crippen molar-refractivity contribution >= 4 is 90.7 Å². The van der Waals surface area contributed by atoms with Gasteiger partial charge >= 0.3 is 0 Å². The number of hydrogen-bond acceptors (Lipinski definition) is 16. The smallest absolute Gasteiger partial charge is 0.293 e. The topological polar surface area (TPSA) is 285 Å². The van der Waals surface area contributed by atoms with Crippen molar-refractivity contribution in [2.24, 2.45) is 5.41 Å². The van der Waals surface area contributed by atoms with Gasteiger partial charge < -0.3 is 30.0 Å². The van der Waals surface area contributed by atoms with Crippen LogP contribution in [0.5, 0.6) is 17.2 Å². The number of aromatic nitrogens is 2. The van der Waals surface area contributed by atoms with Gasteiger partial charge in [-0.3, -0.25) is 54.0 Å². The summed E-state index contributed by atoms with van der Waals surface area (Å²) in [7, 11) is -4.73. The van der Waals surface area contributed by atoms with Crippen molar-refractivity contribution in [2.45, 2.75) is 56.9 Å². The number of fused-ring (bicyclic) bond motifs is 2. The van der Waals surface area contributed by atoms with Gasteiger partial charge in [0.15, 0.2) is 6.61 Å². The van der Waals surface area contributed by atoms with E-state index in [-0.39, 0.29) is 71.0 Å². The molecular formula is C56H55ClN10O12S. The highest BCUT2D eigenvalue weighted by atomic mass is 35.5. The summed E-state index contributed by atoms with van der Waals surface area (Å²) in [4.78, 5) is 101. The first-order valence-electron chi connectivity index (χ1n) is 25.8. The van der Waals surface area contributed by atoms with Crippen molar-refractivity contribution < 1.29 is 51.6 Å². The van der Waals surface area contributed by atoms with Gasteiger partial charge in [-0.1, -0.05) is 49.2 Å². The summed E-state index contributed by atoms with van der Waals surface area (Å²) in [6, 6.07) is 22.6. The second-order valence-corrected chi connectivity index (χ2v) is 22.7. The maximum Gasteiger partial charge on any atom is 0.293 e. The Kier molecular flexibility index (Phi) is 15.4. The minimum atomic E-state index is -4.73. The second kappa shape index (κ2) is 22.6. The summed E-state index contributed by atoms with van der Waals surface area (Å²) < 4.78 is 41.7. The molecule has 0 spiro atoms. The maximum atomic E-state index is 14.1. The first-order chi connectivity index (χ1) is 38.3. The van der Waals surface area contributed by atoms with Crippen LogP contribution in [0, 0.1) is 15.5 Å². The molecule has 6 aromatic rings. The highest BCUT2D eigenvalue weighted by molar-refractivity contribution is 7.90. The van der Waals surface area contributed by atoms with Crippen LogP contribution in [0.1, 0.15) is 82.6 Å². The van der Waals surface area contributed by atoms with Crippen molar-refractivity contribution in [3.05, 3.63) is 146 Å². The molecule has 2 aromatic heterocycles. The SMILES string of the molecule is CC1(C)CCC(CN2CCN(c3ccc(C(=O)NS(=O)(=O)c4ccc(NCCNC(=O)COc5cccc6c5C(=O)N(C5CCC(=O)NC5=O)C6=O)c([N+](=O)[O-])c4)c(Oc4cnc5[nH]ccc5c4)c3)CC2)=C(c2ccc(Cl)cc2)C1. The fraction of sp³-hybridized carbons (Fsp3) is 0.304. The average molecular weight is 1130 g/mol. The molecule has 0 saturated carbocycles. The van der Waals surface area contributed by atoms with E-state index in [0.29, 0.717) is 23.8 Å². The molecule has 24 heteroatoms. The molecule has 10 rings (SSSR count). The summed E-state index contributed by atoms with van der Waals surface area (Å²) in [5.74, 6) is -4.31. The van der Waals surface area contributed by atoms with E-state index >= 15 is 0 Å². The maximum absolute atomic E-state index is 14.1. The number of H-pyrrole nitrogens is 1. The molecule has 0 radical (unpaired) electrons. The Hall–Kier alpha value is -8.67. The third-order valence-electron chi connectivity index (χ3n) is 14.6. The van der Waals surface area contributed by atoms with Crippen LogP contribution in [0.3, 0.4) is 0 Å². The van der Waals surface area contributed by atoms with E-state index < -0.39 is 73.6 Å². The number of pyridine rings is 1. The Morgan fingerprint density at radius 2 is 1.70 bits per heavy atom. The standard InChI is InChI=1S/C56H55ClN10O12S/c1-56(2)18-16-35(42(29-56)33-6-8-36(57)9-7-33)31-64-22-24-65(25-23-64)37-10-12-40(47(27-37)79-38-26-34-17-19-60-51(34)61-30-38)52(70)63-80(76,77)39-11-13-43(45(28-39)67(74)75)58-20-21-59-49(69)32-78-46-5-3-4-41-50(46)55(73)66(54(41)72)44-14-15-48(68)62-53(44)71/h3-13,17,19,26-28,30,44,58H,14-16,18,20-25,29,31-32H2,1-2H3,(H,59,69)(H,60,61)(H,63,70)(H,62,68,71). The van der Waals surface area contributed by atoms with Gasteiger partial charge in [-0.2, -0.15) is 0 Å². The van der Waals surface area contributed by atoms with E-state index in [1.807, 2.05) is 12.1 Å². The van der Waals surface area contributed by atoms with Gasteiger partial charge in [-0.25, -0.2) is 18.1 Å². The molecule has 1 aliphatic carbocycles. The summed E-state index contributed by atoms with van der Waals surface area (Å²) >= 11 is 6.25. The van der Waals surface area contributed by atoms with Crippen molar-refractivity contribution in [1.29, 1.82) is 0 Å². The molecule has 5 heterocycles. The van der Waals surface area contributed by atoms with E-state index in [9.17, 15) is 47.3 Å². The molecule has 2 saturated heterocycles. The summed E-state index contributed by atoms with van der Waals surface area (Å²) in [5.41, 5.74) is 4.52. The number of benzene rings is 4. The molecule has 3 aliphatic heterocycles. The molecule has 2 fully saturated rings. The van der Waals surface area contributed by atoms with Crippen LogP contribution in [0.2, 0.25) is 5.02 Å². The van der Waals surface area contributed by atoms with Gasteiger partial charge in [0.1, 0.15) is 34.6 Å². The number of ether oxygens (including phenoxy) is 2.